The summed E-state index contributed by atoms with van der Waals surface area (Å²) in [4.78, 5) is 0.535. The van der Waals surface area contributed by atoms with Crippen LogP contribution < -0.4 is 0 Å². The summed E-state index contributed by atoms with van der Waals surface area (Å²) in [5.74, 6) is 0.476. The van der Waals surface area contributed by atoms with Gasteiger partial charge >= 0.3 is 0 Å². The van der Waals surface area contributed by atoms with E-state index in [1.165, 1.54) is 0 Å². The molecule has 1 heterocycles. The molecule has 4 atom stereocenters. The van der Waals surface area contributed by atoms with Crippen LogP contribution in [0.2, 0.25) is 0 Å². The molecular weight excluding hydrogens is 372 g/mol. The first-order chi connectivity index (χ1) is 8.85. The molecule has 0 aromatic carbocycles. The molecule has 0 radical (unpaired) electrons. The van der Waals surface area contributed by atoms with Gasteiger partial charge in [0.05, 0.1) is 18.3 Å². The van der Waals surface area contributed by atoms with Gasteiger partial charge in [-0.2, -0.15) is 0 Å². The molecule has 0 amide bonds. The average Bonchev–Trinajstić information content (AvgIpc) is 2.51. The molecule has 2 rings (SSSR count). The Bertz CT molecular complexity index is 367. The molecule has 0 aromatic rings. The average molecular weight is 396 g/mol. The van der Waals surface area contributed by atoms with Crippen LogP contribution in [0.15, 0.2) is 11.6 Å². The standard InChI is InChI=1S/C15H24Br2O2/c1-14(2)12-5-4-10(9-18)11(8-16)19-15(12,3)7-6-13(14)17/h4,11-13,18H,5-9H2,1-3H3. The normalized spacial score (nSPS) is 42.2. The topological polar surface area (TPSA) is 29.5 Å². The third kappa shape index (κ3) is 2.83. The van der Waals surface area contributed by atoms with Gasteiger partial charge in [0.1, 0.15) is 0 Å². The minimum atomic E-state index is -0.0976. The van der Waals surface area contributed by atoms with Crippen LogP contribution in [0.3, 0.4) is 0 Å². The van der Waals surface area contributed by atoms with E-state index >= 15 is 0 Å². The first-order valence-corrected chi connectivity index (χ1v) is 9.06. The predicted octanol–water partition coefficient (Wildman–Crippen LogP) is 4.05. The molecule has 0 aromatic heterocycles. The zero-order chi connectivity index (χ0) is 14.3. The number of hydrogen-bond acceptors (Lipinski definition) is 2. The number of aliphatic hydroxyl groups is 1. The van der Waals surface area contributed by atoms with Gasteiger partial charge in [0.25, 0.3) is 0 Å². The zero-order valence-electron chi connectivity index (χ0n) is 12.0. The van der Waals surface area contributed by atoms with Gasteiger partial charge in [0.15, 0.2) is 0 Å². The largest absolute Gasteiger partial charge is 0.392 e. The summed E-state index contributed by atoms with van der Waals surface area (Å²) in [6, 6.07) is 0. The van der Waals surface area contributed by atoms with E-state index in [2.05, 4.69) is 58.7 Å². The van der Waals surface area contributed by atoms with E-state index in [9.17, 15) is 5.11 Å². The Morgan fingerprint density at radius 1 is 1.42 bits per heavy atom. The van der Waals surface area contributed by atoms with Crippen LogP contribution in [0.4, 0.5) is 0 Å². The van der Waals surface area contributed by atoms with Gasteiger partial charge in [-0.15, -0.1) is 0 Å². The number of ether oxygens (including phenoxy) is 1. The highest BCUT2D eigenvalue weighted by Crippen LogP contribution is 2.53. The van der Waals surface area contributed by atoms with E-state index in [4.69, 9.17) is 4.74 Å². The molecule has 2 nitrogen and oxygen atoms in total. The zero-order valence-corrected chi connectivity index (χ0v) is 15.1. The van der Waals surface area contributed by atoms with E-state index in [1.807, 2.05) is 0 Å². The summed E-state index contributed by atoms with van der Waals surface area (Å²) in [5.41, 5.74) is 1.12. The second-order valence-electron chi connectivity index (χ2n) is 6.63. The summed E-state index contributed by atoms with van der Waals surface area (Å²) in [5, 5.41) is 10.3. The van der Waals surface area contributed by atoms with Gasteiger partial charge in [-0.1, -0.05) is 51.8 Å². The van der Waals surface area contributed by atoms with Crippen molar-refractivity contribution in [2.24, 2.45) is 11.3 Å². The minimum absolute atomic E-state index is 0.00248. The smallest absolute Gasteiger partial charge is 0.0911 e. The van der Waals surface area contributed by atoms with Crippen molar-refractivity contribution in [1.82, 2.24) is 0 Å². The fourth-order valence-electron chi connectivity index (χ4n) is 3.76. The lowest BCUT2D eigenvalue weighted by Crippen LogP contribution is -2.53. The molecule has 2 aliphatic rings. The number of allylic oxidation sites excluding steroid dienone is 1. The summed E-state index contributed by atoms with van der Waals surface area (Å²) in [7, 11) is 0. The van der Waals surface area contributed by atoms with Gasteiger partial charge in [0, 0.05) is 10.2 Å². The first kappa shape index (κ1) is 16.0. The Kier molecular flexibility index (Phi) is 4.87. The number of alkyl halides is 2. The fraction of sp³-hybridized carbons (Fsp3) is 0.867. The Morgan fingerprint density at radius 3 is 2.68 bits per heavy atom. The third-order valence-corrected chi connectivity index (χ3v) is 7.33. The van der Waals surface area contributed by atoms with Crippen molar-refractivity contribution < 1.29 is 9.84 Å². The summed E-state index contributed by atoms with van der Waals surface area (Å²) in [6.07, 6.45) is 5.42. The highest BCUT2D eigenvalue weighted by molar-refractivity contribution is 9.09. The van der Waals surface area contributed by atoms with Crippen molar-refractivity contribution in [3.63, 3.8) is 0 Å². The van der Waals surface area contributed by atoms with Gasteiger partial charge in [0.2, 0.25) is 0 Å². The summed E-state index contributed by atoms with van der Waals surface area (Å²) in [6.45, 7) is 7.01. The second-order valence-corrected chi connectivity index (χ2v) is 8.38. The first-order valence-electron chi connectivity index (χ1n) is 7.03. The van der Waals surface area contributed by atoms with E-state index < -0.39 is 0 Å². The maximum Gasteiger partial charge on any atom is 0.0911 e. The Hall–Kier alpha value is 0.620. The molecule has 1 aliphatic carbocycles. The summed E-state index contributed by atoms with van der Waals surface area (Å²) >= 11 is 7.37. The van der Waals surface area contributed by atoms with Crippen LogP contribution >= 0.6 is 31.9 Å². The number of hydrogen-bond donors (Lipinski definition) is 1. The molecular formula is C15H24Br2O2. The predicted molar refractivity (Wildman–Crippen MR) is 86.1 cm³/mol. The van der Waals surface area contributed by atoms with Gasteiger partial charge < -0.3 is 9.84 Å². The van der Waals surface area contributed by atoms with E-state index in [0.29, 0.717) is 10.7 Å². The lowest BCUT2D eigenvalue weighted by atomic mass is 9.60. The third-order valence-electron chi connectivity index (χ3n) is 5.10. The number of halogens is 2. The minimum Gasteiger partial charge on any atom is -0.392 e. The highest BCUT2D eigenvalue weighted by Gasteiger charge is 2.52. The molecule has 4 unspecified atom stereocenters. The molecule has 0 spiro atoms. The molecule has 1 fully saturated rings. The maximum absolute atomic E-state index is 9.54. The fourth-order valence-corrected chi connectivity index (χ4v) is 4.85. The molecule has 19 heavy (non-hydrogen) atoms. The van der Waals surface area contributed by atoms with Gasteiger partial charge in [-0.25, -0.2) is 0 Å². The lowest BCUT2D eigenvalue weighted by molar-refractivity contribution is -0.143. The quantitative estimate of drug-likeness (QED) is 0.564. The Balaban J connectivity index is 2.34. The van der Waals surface area contributed by atoms with Crippen LogP contribution in [0.25, 0.3) is 0 Å². The van der Waals surface area contributed by atoms with Crippen molar-refractivity contribution in [1.29, 1.82) is 0 Å². The number of fused-ring (bicyclic) bond motifs is 1. The van der Waals surface area contributed by atoms with Gasteiger partial charge in [-0.05, 0) is 43.1 Å². The van der Waals surface area contributed by atoms with E-state index in [0.717, 1.165) is 30.2 Å². The monoisotopic (exact) mass is 394 g/mol. The van der Waals surface area contributed by atoms with Gasteiger partial charge in [-0.3, -0.25) is 0 Å². The molecule has 0 saturated heterocycles. The SMILES string of the molecule is CC12CCC(Br)C(C)(C)C1CC=C(CO)C(CBr)O2. The molecule has 1 N–H and O–H groups in total. The Labute approximate surface area is 133 Å². The lowest BCUT2D eigenvalue weighted by Gasteiger charge is -2.52. The second kappa shape index (κ2) is 5.78. The molecule has 110 valence electrons. The van der Waals surface area contributed by atoms with E-state index in [1.54, 1.807) is 0 Å². The number of aliphatic hydroxyl groups excluding tert-OH is 1. The van der Waals surface area contributed by atoms with Crippen molar-refractivity contribution >= 4 is 31.9 Å². The van der Waals surface area contributed by atoms with Crippen LogP contribution in [0.5, 0.6) is 0 Å². The maximum atomic E-state index is 9.54. The molecule has 4 heteroatoms. The molecule has 0 bridgehead atoms. The Morgan fingerprint density at radius 2 is 2.11 bits per heavy atom. The van der Waals surface area contributed by atoms with Crippen LogP contribution in [-0.4, -0.2) is 33.6 Å². The van der Waals surface area contributed by atoms with Crippen LogP contribution in [0, 0.1) is 11.3 Å². The highest BCUT2D eigenvalue weighted by atomic mass is 79.9. The van der Waals surface area contributed by atoms with Crippen LogP contribution in [0.1, 0.15) is 40.0 Å². The van der Waals surface area contributed by atoms with E-state index in [-0.39, 0.29) is 23.7 Å². The summed E-state index contributed by atoms with van der Waals surface area (Å²) < 4.78 is 6.44. The van der Waals surface area contributed by atoms with Crippen LogP contribution in [-0.2, 0) is 4.74 Å². The van der Waals surface area contributed by atoms with Crippen molar-refractivity contribution in [3.05, 3.63) is 11.6 Å². The van der Waals surface area contributed by atoms with Crippen molar-refractivity contribution in [2.75, 3.05) is 11.9 Å². The molecule has 1 saturated carbocycles. The van der Waals surface area contributed by atoms with Crippen molar-refractivity contribution in [2.45, 2.75) is 56.6 Å². The number of rotatable bonds is 2. The van der Waals surface area contributed by atoms with Crippen molar-refractivity contribution in [3.8, 4) is 0 Å². The molecule has 1 aliphatic heterocycles.